The first-order valence-electron chi connectivity index (χ1n) is 7.67. The van der Waals surface area contributed by atoms with E-state index in [2.05, 4.69) is 19.2 Å². The van der Waals surface area contributed by atoms with E-state index in [1.165, 1.54) is 0 Å². The molecule has 6 nitrogen and oxygen atoms in total. The van der Waals surface area contributed by atoms with Gasteiger partial charge in [-0.3, -0.25) is 4.79 Å². The number of amides is 1. The fourth-order valence-corrected chi connectivity index (χ4v) is 3.05. The SMILES string of the molecule is CC(C)CCNC(=O)[C@@]1(O)C[C@@H](O)[C@@H]2OC(C)(C)O[C@@H]2C1. The minimum absolute atomic E-state index is 0.0267. The second-order valence-corrected chi connectivity index (χ2v) is 7.08. The molecule has 0 aromatic carbocycles. The maximum Gasteiger partial charge on any atom is 0.252 e. The first-order valence-corrected chi connectivity index (χ1v) is 7.67. The Balaban J connectivity index is 1.98. The zero-order valence-electron chi connectivity index (χ0n) is 13.3. The lowest BCUT2D eigenvalue weighted by molar-refractivity contribution is -0.158. The summed E-state index contributed by atoms with van der Waals surface area (Å²) in [7, 11) is 0. The second kappa shape index (κ2) is 5.83. The Morgan fingerprint density at radius 3 is 2.62 bits per heavy atom. The summed E-state index contributed by atoms with van der Waals surface area (Å²) in [6, 6.07) is 0. The number of fused-ring (bicyclic) bond motifs is 1. The van der Waals surface area contributed by atoms with Crippen molar-refractivity contribution < 1.29 is 24.5 Å². The van der Waals surface area contributed by atoms with Gasteiger partial charge in [0.2, 0.25) is 0 Å². The zero-order chi connectivity index (χ0) is 15.8. The molecule has 6 heteroatoms. The number of ether oxygens (including phenoxy) is 2. The van der Waals surface area contributed by atoms with Crippen molar-refractivity contribution in [2.24, 2.45) is 5.92 Å². The largest absolute Gasteiger partial charge is 0.390 e. The molecule has 0 aromatic rings. The molecule has 122 valence electrons. The molecule has 4 atom stereocenters. The summed E-state index contributed by atoms with van der Waals surface area (Å²) in [5, 5.41) is 23.5. The Morgan fingerprint density at radius 1 is 1.33 bits per heavy atom. The van der Waals surface area contributed by atoms with E-state index in [9.17, 15) is 15.0 Å². The Morgan fingerprint density at radius 2 is 2.00 bits per heavy atom. The highest BCUT2D eigenvalue weighted by atomic mass is 16.8. The summed E-state index contributed by atoms with van der Waals surface area (Å²) in [6.07, 6.45) is -0.893. The standard InChI is InChI=1S/C15H27NO5/c1-9(2)5-6-16-13(18)15(19)7-10(17)12-11(8-15)20-14(3,4)21-12/h9-12,17,19H,5-8H2,1-4H3,(H,16,18)/t10-,11-,12+,15-/m1/s1. The number of hydrogen-bond acceptors (Lipinski definition) is 5. The molecule has 21 heavy (non-hydrogen) atoms. The van der Waals surface area contributed by atoms with Gasteiger partial charge in [0, 0.05) is 19.4 Å². The maximum absolute atomic E-state index is 12.2. The molecule has 1 saturated heterocycles. The predicted octanol–water partition coefficient (Wildman–Crippen LogP) is 0.555. The number of aliphatic hydroxyl groups is 2. The van der Waals surface area contributed by atoms with Gasteiger partial charge in [-0.15, -0.1) is 0 Å². The topological polar surface area (TPSA) is 88.0 Å². The highest BCUT2D eigenvalue weighted by Gasteiger charge is 2.55. The molecular weight excluding hydrogens is 274 g/mol. The van der Waals surface area contributed by atoms with E-state index in [0.717, 1.165) is 6.42 Å². The zero-order valence-corrected chi connectivity index (χ0v) is 13.3. The van der Waals surface area contributed by atoms with Crippen LogP contribution in [0.1, 0.15) is 47.0 Å². The molecule has 1 aliphatic heterocycles. The van der Waals surface area contributed by atoms with Gasteiger partial charge in [-0.2, -0.15) is 0 Å². The van der Waals surface area contributed by atoms with E-state index in [0.29, 0.717) is 12.5 Å². The third-order valence-corrected chi connectivity index (χ3v) is 4.12. The normalized spacial score (nSPS) is 38.3. The van der Waals surface area contributed by atoms with Crippen LogP contribution in [0.3, 0.4) is 0 Å². The van der Waals surface area contributed by atoms with Crippen LogP contribution in [0.2, 0.25) is 0 Å². The molecule has 3 N–H and O–H groups in total. The van der Waals surface area contributed by atoms with Gasteiger partial charge < -0.3 is 25.0 Å². The van der Waals surface area contributed by atoms with E-state index in [-0.39, 0.29) is 12.8 Å². The van der Waals surface area contributed by atoms with Crippen molar-refractivity contribution in [2.75, 3.05) is 6.54 Å². The van der Waals surface area contributed by atoms with Gasteiger partial charge in [0.1, 0.15) is 11.7 Å². The number of hydrogen-bond donors (Lipinski definition) is 3. The van der Waals surface area contributed by atoms with Crippen molar-refractivity contribution in [1.82, 2.24) is 5.32 Å². The molecule has 1 aliphatic carbocycles. The monoisotopic (exact) mass is 301 g/mol. The van der Waals surface area contributed by atoms with Crippen molar-refractivity contribution in [2.45, 2.75) is 76.7 Å². The molecule has 0 radical (unpaired) electrons. The van der Waals surface area contributed by atoms with Crippen molar-refractivity contribution in [3.8, 4) is 0 Å². The highest BCUT2D eigenvalue weighted by molar-refractivity contribution is 5.85. The molecule has 0 spiro atoms. The molecular formula is C15H27NO5. The van der Waals surface area contributed by atoms with Crippen LogP contribution in [-0.4, -0.2) is 52.4 Å². The smallest absolute Gasteiger partial charge is 0.252 e. The molecule has 1 heterocycles. The van der Waals surface area contributed by atoms with Gasteiger partial charge in [-0.25, -0.2) is 0 Å². The Kier molecular flexibility index (Phi) is 4.63. The van der Waals surface area contributed by atoms with Gasteiger partial charge in [0.05, 0.1) is 12.2 Å². The van der Waals surface area contributed by atoms with E-state index < -0.39 is 35.6 Å². The number of nitrogens with one attached hydrogen (secondary N) is 1. The third kappa shape index (κ3) is 3.74. The summed E-state index contributed by atoms with van der Waals surface area (Å²) in [5.41, 5.74) is -1.60. The minimum Gasteiger partial charge on any atom is -0.390 e. The van der Waals surface area contributed by atoms with Crippen LogP contribution in [0.5, 0.6) is 0 Å². The van der Waals surface area contributed by atoms with E-state index >= 15 is 0 Å². The summed E-state index contributed by atoms with van der Waals surface area (Å²) >= 11 is 0. The summed E-state index contributed by atoms with van der Waals surface area (Å²) in [6.45, 7) is 8.19. The molecule has 0 aromatic heterocycles. The van der Waals surface area contributed by atoms with Crippen molar-refractivity contribution in [1.29, 1.82) is 0 Å². The fraction of sp³-hybridized carbons (Fsp3) is 0.933. The molecule has 1 saturated carbocycles. The number of carbonyl (C=O) groups excluding carboxylic acids is 1. The van der Waals surface area contributed by atoms with Gasteiger partial charge >= 0.3 is 0 Å². The molecule has 0 bridgehead atoms. The van der Waals surface area contributed by atoms with E-state index in [1.54, 1.807) is 13.8 Å². The van der Waals surface area contributed by atoms with Crippen LogP contribution in [0.15, 0.2) is 0 Å². The summed E-state index contributed by atoms with van der Waals surface area (Å²) in [5.74, 6) is -0.752. The average molecular weight is 301 g/mol. The maximum atomic E-state index is 12.2. The Labute approximate surface area is 125 Å². The first-order chi connectivity index (χ1) is 9.63. The van der Waals surface area contributed by atoms with Gasteiger partial charge in [-0.05, 0) is 26.2 Å². The molecule has 2 aliphatic rings. The van der Waals surface area contributed by atoms with Gasteiger partial charge in [0.15, 0.2) is 5.79 Å². The highest BCUT2D eigenvalue weighted by Crippen LogP contribution is 2.40. The number of aliphatic hydroxyl groups excluding tert-OH is 1. The number of carbonyl (C=O) groups is 1. The van der Waals surface area contributed by atoms with Gasteiger partial charge in [-0.1, -0.05) is 13.8 Å². The molecule has 0 unspecified atom stereocenters. The first kappa shape index (κ1) is 16.7. The molecule has 1 amide bonds. The average Bonchev–Trinajstić information content (AvgIpc) is 2.63. The summed E-state index contributed by atoms with van der Waals surface area (Å²) < 4.78 is 11.3. The molecule has 2 rings (SSSR count). The molecule has 2 fully saturated rings. The van der Waals surface area contributed by atoms with Crippen LogP contribution in [0.25, 0.3) is 0 Å². The third-order valence-electron chi connectivity index (χ3n) is 4.12. The van der Waals surface area contributed by atoms with E-state index in [4.69, 9.17) is 9.47 Å². The van der Waals surface area contributed by atoms with Crippen LogP contribution >= 0.6 is 0 Å². The lowest BCUT2D eigenvalue weighted by Gasteiger charge is -2.38. The van der Waals surface area contributed by atoms with Gasteiger partial charge in [0.25, 0.3) is 5.91 Å². The fourth-order valence-electron chi connectivity index (χ4n) is 3.05. The lowest BCUT2D eigenvalue weighted by atomic mass is 9.79. The summed E-state index contributed by atoms with van der Waals surface area (Å²) in [4.78, 5) is 12.2. The minimum atomic E-state index is -1.60. The second-order valence-electron chi connectivity index (χ2n) is 7.08. The Bertz CT molecular complexity index is 398. The van der Waals surface area contributed by atoms with Crippen molar-refractivity contribution >= 4 is 5.91 Å². The number of rotatable bonds is 4. The predicted molar refractivity (Wildman–Crippen MR) is 76.5 cm³/mol. The quantitative estimate of drug-likeness (QED) is 0.706. The van der Waals surface area contributed by atoms with Crippen LogP contribution < -0.4 is 5.32 Å². The Hall–Kier alpha value is -0.690. The van der Waals surface area contributed by atoms with Crippen molar-refractivity contribution in [3.05, 3.63) is 0 Å². The lowest BCUT2D eigenvalue weighted by Crippen LogP contribution is -2.58. The van der Waals surface area contributed by atoms with Crippen LogP contribution in [0, 0.1) is 5.92 Å². The van der Waals surface area contributed by atoms with Crippen LogP contribution in [0.4, 0.5) is 0 Å². The van der Waals surface area contributed by atoms with Crippen molar-refractivity contribution in [3.63, 3.8) is 0 Å². The van der Waals surface area contributed by atoms with E-state index in [1.807, 2.05) is 0 Å². The van der Waals surface area contributed by atoms with Crippen LogP contribution in [-0.2, 0) is 14.3 Å².